The number of nitrogens with zero attached hydrogens (tertiary/aromatic N) is 2. The molecule has 0 saturated carbocycles. The van der Waals surface area contributed by atoms with E-state index < -0.39 is 4.92 Å². The number of carbonyl (C=O) groups is 1. The Hall–Kier alpha value is -2.38. The maximum Gasteiger partial charge on any atom is 0.292 e. The minimum atomic E-state index is -0.571. The van der Waals surface area contributed by atoms with Gasteiger partial charge in [-0.05, 0) is 31.3 Å². The molecule has 2 aromatic rings. The molecule has 0 aliphatic carbocycles. The molecule has 0 atom stereocenters. The number of furan rings is 1. The maximum absolute atomic E-state index is 12.0. The van der Waals surface area contributed by atoms with E-state index in [-0.39, 0.29) is 23.8 Å². The van der Waals surface area contributed by atoms with E-state index >= 15 is 0 Å². The van der Waals surface area contributed by atoms with Gasteiger partial charge >= 0.3 is 0 Å². The molecule has 2 rings (SSSR count). The predicted molar refractivity (Wildman–Crippen MR) is 81.8 cm³/mol. The first-order valence-corrected chi connectivity index (χ1v) is 6.78. The van der Waals surface area contributed by atoms with Crippen molar-refractivity contribution < 1.29 is 14.1 Å². The van der Waals surface area contributed by atoms with E-state index in [1.54, 1.807) is 30.3 Å². The quantitative estimate of drug-likeness (QED) is 0.652. The van der Waals surface area contributed by atoms with E-state index in [9.17, 15) is 14.9 Å². The summed E-state index contributed by atoms with van der Waals surface area (Å²) in [7, 11) is 1.74. The number of rotatable bonds is 6. The number of nitro benzene ring substituents is 1. The maximum atomic E-state index is 12.0. The minimum Gasteiger partial charge on any atom is -0.468 e. The Bertz CT molecular complexity index is 673. The van der Waals surface area contributed by atoms with E-state index in [2.05, 4.69) is 5.32 Å². The van der Waals surface area contributed by atoms with E-state index in [4.69, 9.17) is 16.0 Å². The second-order valence-electron chi connectivity index (χ2n) is 4.72. The van der Waals surface area contributed by atoms with Crippen molar-refractivity contribution in [3.05, 3.63) is 57.5 Å². The summed E-state index contributed by atoms with van der Waals surface area (Å²) in [6.45, 7) is 0.516. The summed E-state index contributed by atoms with van der Waals surface area (Å²) < 4.78 is 5.19. The van der Waals surface area contributed by atoms with Crippen LogP contribution >= 0.6 is 11.6 Å². The summed E-state index contributed by atoms with van der Waals surface area (Å²) in [5.41, 5.74) is -0.125. The number of nitrogens with one attached hydrogen (secondary N) is 1. The van der Waals surface area contributed by atoms with Crippen molar-refractivity contribution in [3.63, 3.8) is 0 Å². The Kier molecular flexibility index (Phi) is 5.13. The highest BCUT2D eigenvalue weighted by atomic mass is 35.5. The predicted octanol–water partition coefficient (Wildman–Crippen LogP) is 2.91. The van der Waals surface area contributed by atoms with Gasteiger partial charge in [-0.15, -0.1) is 0 Å². The average Bonchev–Trinajstić information content (AvgIpc) is 2.90. The lowest BCUT2D eigenvalue weighted by atomic mass is 10.2. The largest absolute Gasteiger partial charge is 0.468 e. The van der Waals surface area contributed by atoms with Gasteiger partial charge in [0.25, 0.3) is 5.69 Å². The molecule has 0 bridgehead atoms. The highest BCUT2D eigenvalue weighted by molar-refractivity contribution is 6.31. The highest BCUT2D eigenvalue weighted by Crippen LogP contribution is 2.27. The van der Waals surface area contributed by atoms with Crippen LogP contribution in [0.15, 0.2) is 41.0 Å². The lowest BCUT2D eigenvalue weighted by Gasteiger charge is -2.14. The number of carbonyl (C=O) groups excluding carboxylic acids is 1. The summed E-state index contributed by atoms with van der Waals surface area (Å²) >= 11 is 5.81. The molecule has 0 radical (unpaired) electrons. The lowest BCUT2D eigenvalue weighted by Crippen LogP contribution is -2.29. The van der Waals surface area contributed by atoms with Crippen LogP contribution in [0.3, 0.4) is 0 Å². The van der Waals surface area contributed by atoms with Gasteiger partial charge in [0.05, 0.1) is 24.3 Å². The first kappa shape index (κ1) is 16.0. The molecule has 1 heterocycles. The van der Waals surface area contributed by atoms with Gasteiger partial charge < -0.3 is 9.73 Å². The number of nitro groups is 1. The molecule has 0 aliphatic rings. The molecule has 7 nitrogen and oxygen atoms in total. The molecule has 8 heteroatoms. The average molecular weight is 324 g/mol. The smallest absolute Gasteiger partial charge is 0.292 e. The van der Waals surface area contributed by atoms with Gasteiger partial charge in [-0.25, -0.2) is 0 Å². The molecule has 0 unspecified atom stereocenters. The standard InChI is InChI=1S/C14H14ClN3O4/c1-17(8-11-3-2-6-22-11)9-14(19)16-12-7-10(15)4-5-13(12)18(20)21/h2-7H,8-9H2,1H3,(H,16,19). The van der Waals surface area contributed by atoms with Crippen LogP contribution in [0, 0.1) is 10.1 Å². The molecule has 116 valence electrons. The van der Waals surface area contributed by atoms with Crippen LogP contribution in [0.5, 0.6) is 0 Å². The molecule has 1 aromatic carbocycles. The molecule has 22 heavy (non-hydrogen) atoms. The molecule has 0 saturated heterocycles. The third kappa shape index (κ3) is 4.31. The van der Waals surface area contributed by atoms with E-state index in [0.717, 1.165) is 5.76 Å². The molecule has 0 spiro atoms. The molecular weight excluding hydrogens is 310 g/mol. The van der Waals surface area contributed by atoms with Crippen molar-refractivity contribution >= 4 is 28.9 Å². The molecule has 1 N–H and O–H groups in total. The zero-order valence-electron chi connectivity index (χ0n) is 11.8. The number of likely N-dealkylation sites (N-methyl/N-ethyl adjacent to an activating group) is 1. The van der Waals surface area contributed by atoms with Gasteiger partial charge in [-0.2, -0.15) is 0 Å². The summed E-state index contributed by atoms with van der Waals surface area (Å²) in [6.07, 6.45) is 1.55. The van der Waals surface area contributed by atoms with Crippen molar-refractivity contribution in [1.82, 2.24) is 4.90 Å². The van der Waals surface area contributed by atoms with Gasteiger partial charge in [-0.1, -0.05) is 11.6 Å². The Morgan fingerprint density at radius 1 is 1.45 bits per heavy atom. The van der Waals surface area contributed by atoms with Crippen LogP contribution in [0.25, 0.3) is 0 Å². The minimum absolute atomic E-state index is 0.0599. The summed E-state index contributed by atoms with van der Waals surface area (Å²) in [5, 5.41) is 13.8. The van der Waals surface area contributed by atoms with Crippen molar-refractivity contribution in [1.29, 1.82) is 0 Å². The van der Waals surface area contributed by atoms with E-state index in [1.807, 2.05) is 0 Å². The Labute approximate surface area is 131 Å². The summed E-state index contributed by atoms with van der Waals surface area (Å²) in [4.78, 5) is 24.1. The first-order valence-electron chi connectivity index (χ1n) is 6.40. The van der Waals surface area contributed by atoms with Crippen LogP contribution in [0.4, 0.5) is 11.4 Å². The van der Waals surface area contributed by atoms with Crippen LogP contribution in [-0.2, 0) is 11.3 Å². The van der Waals surface area contributed by atoms with Crippen LogP contribution in [0.2, 0.25) is 5.02 Å². The number of hydrogen-bond donors (Lipinski definition) is 1. The zero-order valence-corrected chi connectivity index (χ0v) is 12.5. The molecule has 0 fully saturated rings. The Morgan fingerprint density at radius 3 is 2.86 bits per heavy atom. The van der Waals surface area contributed by atoms with Gasteiger partial charge in [-0.3, -0.25) is 19.8 Å². The van der Waals surface area contributed by atoms with Gasteiger partial charge in [0.2, 0.25) is 5.91 Å². The van der Waals surface area contributed by atoms with E-state index in [1.165, 1.54) is 18.2 Å². The van der Waals surface area contributed by atoms with Gasteiger partial charge in [0, 0.05) is 11.1 Å². The van der Waals surface area contributed by atoms with Gasteiger partial charge in [0.15, 0.2) is 0 Å². The molecular formula is C14H14ClN3O4. The Morgan fingerprint density at radius 2 is 2.23 bits per heavy atom. The second-order valence-corrected chi connectivity index (χ2v) is 5.15. The number of hydrogen-bond acceptors (Lipinski definition) is 5. The SMILES string of the molecule is CN(CC(=O)Nc1cc(Cl)ccc1[N+](=O)[O-])Cc1ccco1. The fourth-order valence-corrected chi connectivity index (χ4v) is 2.10. The lowest BCUT2D eigenvalue weighted by molar-refractivity contribution is -0.383. The monoisotopic (exact) mass is 323 g/mol. The van der Waals surface area contributed by atoms with Crippen LogP contribution in [0.1, 0.15) is 5.76 Å². The van der Waals surface area contributed by atoms with Crippen LogP contribution < -0.4 is 5.32 Å². The van der Waals surface area contributed by atoms with Gasteiger partial charge in [0.1, 0.15) is 11.4 Å². The number of benzene rings is 1. The molecule has 1 amide bonds. The number of anilines is 1. The Balaban J connectivity index is 1.99. The first-order chi connectivity index (χ1) is 10.5. The van der Waals surface area contributed by atoms with Crippen LogP contribution in [-0.4, -0.2) is 29.3 Å². The number of halogens is 1. The summed E-state index contributed by atoms with van der Waals surface area (Å²) in [6, 6.07) is 7.57. The van der Waals surface area contributed by atoms with E-state index in [0.29, 0.717) is 11.6 Å². The van der Waals surface area contributed by atoms with Crippen molar-refractivity contribution in [2.24, 2.45) is 0 Å². The zero-order chi connectivity index (χ0) is 16.1. The third-order valence-electron chi connectivity index (χ3n) is 2.85. The fraction of sp³-hybridized carbons (Fsp3) is 0.214. The second kappa shape index (κ2) is 7.06. The normalized spacial score (nSPS) is 10.7. The molecule has 0 aliphatic heterocycles. The van der Waals surface area contributed by atoms with Crippen molar-refractivity contribution in [3.8, 4) is 0 Å². The highest BCUT2D eigenvalue weighted by Gasteiger charge is 2.17. The summed E-state index contributed by atoms with van der Waals surface area (Å²) in [5.74, 6) is 0.350. The van der Waals surface area contributed by atoms with Crippen molar-refractivity contribution in [2.45, 2.75) is 6.54 Å². The molecule has 1 aromatic heterocycles. The fourth-order valence-electron chi connectivity index (χ4n) is 1.93. The van der Waals surface area contributed by atoms with Crippen molar-refractivity contribution in [2.75, 3.05) is 18.9 Å². The third-order valence-corrected chi connectivity index (χ3v) is 3.08. The number of amides is 1. The topological polar surface area (TPSA) is 88.6 Å².